The Hall–Kier alpha value is -0.620. The van der Waals surface area contributed by atoms with Crippen LogP contribution in [0.3, 0.4) is 0 Å². The first-order valence-electron chi connectivity index (χ1n) is 5.80. The highest BCUT2D eigenvalue weighted by atomic mass is 32.1. The van der Waals surface area contributed by atoms with Crippen LogP contribution in [0.5, 0.6) is 0 Å². The molecule has 1 saturated carbocycles. The molecule has 2 nitrogen and oxygen atoms in total. The molecule has 0 atom stereocenters. The van der Waals surface area contributed by atoms with Gasteiger partial charge in [0.2, 0.25) is 0 Å². The molecule has 0 aliphatic heterocycles. The van der Waals surface area contributed by atoms with Gasteiger partial charge in [0.1, 0.15) is 0 Å². The Morgan fingerprint density at radius 2 is 2.12 bits per heavy atom. The predicted octanol–water partition coefficient (Wildman–Crippen LogP) is 3.54. The molecule has 1 heterocycles. The largest absolute Gasteiger partial charge is 0.434 e. The van der Waals surface area contributed by atoms with E-state index in [1.165, 1.54) is 11.3 Å². The van der Waals surface area contributed by atoms with Gasteiger partial charge in [-0.05, 0) is 19.4 Å². The average molecular weight is 264 g/mol. The van der Waals surface area contributed by atoms with Crippen LogP contribution in [-0.2, 0) is 12.7 Å². The predicted molar refractivity (Wildman–Crippen MR) is 61.1 cm³/mol. The van der Waals surface area contributed by atoms with Gasteiger partial charge >= 0.3 is 6.18 Å². The van der Waals surface area contributed by atoms with Crippen molar-refractivity contribution in [3.63, 3.8) is 0 Å². The standard InChI is InChI=1S/C11H15F3N2S/c1-2-15-6-8-9(11(12,13)14)16-10(17-8)7-4-3-5-7/h7,15H,2-6H2,1H3. The van der Waals surface area contributed by atoms with Crippen LogP contribution in [0.2, 0.25) is 0 Å². The number of hydrogen-bond donors (Lipinski definition) is 1. The molecule has 0 radical (unpaired) electrons. The van der Waals surface area contributed by atoms with E-state index in [-0.39, 0.29) is 12.5 Å². The van der Waals surface area contributed by atoms with Crippen LogP contribution in [0.1, 0.15) is 47.7 Å². The smallest absolute Gasteiger partial charge is 0.312 e. The maximum absolute atomic E-state index is 12.8. The molecule has 1 aliphatic rings. The van der Waals surface area contributed by atoms with Gasteiger partial charge in [-0.1, -0.05) is 13.3 Å². The number of aromatic nitrogens is 1. The molecule has 6 heteroatoms. The Labute approximate surface area is 102 Å². The van der Waals surface area contributed by atoms with Crippen molar-refractivity contribution < 1.29 is 13.2 Å². The second-order valence-corrected chi connectivity index (χ2v) is 5.35. The molecule has 2 rings (SSSR count). The minimum absolute atomic E-state index is 0.260. The van der Waals surface area contributed by atoms with Crippen LogP contribution >= 0.6 is 11.3 Å². The summed E-state index contributed by atoms with van der Waals surface area (Å²) in [6, 6.07) is 0. The lowest BCUT2D eigenvalue weighted by molar-refractivity contribution is -0.141. The van der Waals surface area contributed by atoms with Gasteiger partial charge in [0, 0.05) is 12.5 Å². The Balaban J connectivity index is 2.23. The number of hydrogen-bond acceptors (Lipinski definition) is 3. The number of halogens is 3. The van der Waals surface area contributed by atoms with E-state index in [4.69, 9.17) is 0 Å². The van der Waals surface area contributed by atoms with Gasteiger partial charge in [0.05, 0.1) is 9.88 Å². The van der Waals surface area contributed by atoms with Crippen molar-refractivity contribution >= 4 is 11.3 Å². The van der Waals surface area contributed by atoms with Crippen LogP contribution in [0.15, 0.2) is 0 Å². The van der Waals surface area contributed by atoms with Gasteiger partial charge in [-0.25, -0.2) is 4.98 Å². The lowest BCUT2D eigenvalue weighted by atomic mass is 9.86. The molecule has 1 aromatic heterocycles. The Bertz CT molecular complexity index is 383. The van der Waals surface area contributed by atoms with Crippen LogP contribution in [0, 0.1) is 0 Å². The van der Waals surface area contributed by atoms with Crippen molar-refractivity contribution in [1.82, 2.24) is 10.3 Å². The molecular formula is C11H15F3N2S. The molecule has 0 bridgehead atoms. The molecule has 1 aliphatic carbocycles. The molecular weight excluding hydrogens is 249 g/mol. The monoisotopic (exact) mass is 264 g/mol. The average Bonchev–Trinajstić information content (AvgIpc) is 2.55. The van der Waals surface area contributed by atoms with Gasteiger partial charge in [-0.3, -0.25) is 0 Å². The second kappa shape index (κ2) is 4.94. The van der Waals surface area contributed by atoms with E-state index in [0.29, 0.717) is 16.4 Å². The molecule has 0 unspecified atom stereocenters. The quantitative estimate of drug-likeness (QED) is 0.899. The van der Waals surface area contributed by atoms with E-state index in [1.54, 1.807) is 0 Å². The maximum atomic E-state index is 12.8. The fourth-order valence-corrected chi connectivity index (χ4v) is 3.00. The molecule has 1 aromatic rings. The van der Waals surface area contributed by atoms with Crippen molar-refractivity contribution in [1.29, 1.82) is 0 Å². The van der Waals surface area contributed by atoms with Crippen molar-refractivity contribution in [3.8, 4) is 0 Å². The highest BCUT2D eigenvalue weighted by molar-refractivity contribution is 7.11. The summed E-state index contributed by atoms with van der Waals surface area (Å²) >= 11 is 1.22. The van der Waals surface area contributed by atoms with Crippen LogP contribution in [0.25, 0.3) is 0 Å². The SMILES string of the molecule is CCNCc1sc(C2CCC2)nc1C(F)(F)F. The van der Waals surface area contributed by atoms with Gasteiger partial charge < -0.3 is 5.32 Å². The topological polar surface area (TPSA) is 24.9 Å². The Morgan fingerprint density at radius 1 is 1.41 bits per heavy atom. The van der Waals surface area contributed by atoms with Crippen LogP contribution in [-0.4, -0.2) is 11.5 Å². The van der Waals surface area contributed by atoms with Gasteiger partial charge in [-0.15, -0.1) is 11.3 Å². The van der Waals surface area contributed by atoms with Crippen molar-refractivity contribution in [2.45, 2.75) is 44.8 Å². The summed E-state index contributed by atoms with van der Waals surface area (Å²) < 4.78 is 38.4. The summed E-state index contributed by atoms with van der Waals surface area (Å²) in [6.45, 7) is 2.80. The van der Waals surface area contributed by atoms with Gasteiger partial charge in [0.25, 0.3) is 0 Å². The number of nitrogens with zero attached hydrogens (tertiary/aromatic N) is 1. The van der Waals surface area contributed by atoms with Crippen LogP contribution in [0.4, 0.5) is 13.2 Å². The highest BCUT2D eigenvalue weighted by Gasteiger charge is 2.38. The summed E-state index contributed by atoms with van der Waals surface area (Å²) in [4.78, 5) is 4.13. The highest BCUT2D eigenvalue weighted by Crippen LogP contribution is 2.42. The first-order valence-corrected chi connectivity index (χ1v) is 6.61. The van der Waals surface area contributed by atoms with E-state index in [9.17, 15) is 13.2 Å². The Kier molecular flexibility index (Phi) is 3.73. The van der Waals surface area contributed by atoms with Crippen LogP contribution < -0.4 is 5.32 Å². The summed E-state index contributed by atoms with van der Waals surface area (Å²) in [5.74, 6) is 0.261. The van der Waals surface area contributed by atoms with Crippen molar-refractivity contribution in [2.24, 2.45) is 0 Å². The number of nitrogens with one attached hydrogen (secondary N) is 1. The minimum Gasteiger partial charge on any atom is -0.312 e. The van der Waals surface area contributed by atoms with E-state index in [1.807, 2.05) is 6.92 Å². The molecule has 1 fully saturated rings. The molecule has 1 N–H and O–H groups in total. The third-order valence-corrected chi connectivity index (χ3v) is 4.19. The van der Waals surface area contributed by atoms with E-state index >= 15 is 0 Å². The first kappa shape index (κ1) is 12.8. The summed E-state index contributed by atoms with van der Waals surface area (Å²) in [6.07, 6.45) is -1.27. The fourth-order valence-electron chi connectivity index (χ4n) is 1.78. The molecule has 0 spiro atoms. The van der Waals surface area contributed by atoms with Gasteiger partial charge in [0.15, 0.2) is 5.69 Å². The summed E-state index contributed by atoms with van der Waals surface area (Å²) in [7, 11) is 0. The maximum Gasteiger partial charge on any atom is 0.434 e. The van der Waals surface area contributed by atoms with E-state index in [0.717, 1.165) is 19.3 Å². The number of thiazole rings is 1. The minimum atomic E-state index is -4.33. The lowest BCUT2D eigenvalue weighted by Gasteiger charge is -2.22. The number of alkyl halides is 3. The third-order valence-electron chi connectivity index (χ3n) is 2.97. The fraction of sp³-hybridized carbons (Fsp3) is 0.727. The zero-order valence-corrected chi connectivity index (χ0v) is 10.4. The normalized spacial score (nSPS) is 17.2. The summed E-state index contributed by atoms with van der Waals surface area (Å²) in [5, 5.41) is 3.60. The Morgan fingerprint density at radius 3 is 2.59 bits per heavy atom. The zero-order chi connectivity index (χ0) is 12.5. The van der Waals surface area contributed by atoms with Gasteiger partial charge in [-0.2, -0.15) is 13.2 Å². The molecule has 0 saturated heterocycles. The molecule has 96 valence electrons. The summed E-state index contributed by atoms with van der Waals surface area (Å²) in [5.41, 5.74) is -0.689. The van der Waals surface area contributed by atoms with Crippen molar-refractivity contribution in [3.05, 3.63) is 15.6 Å². The molecule has 0 amide bonds. The third kappa shape index (κ3) is 2.80. The first-order chi connectivity index (χ1) is 8.02. The van der Waals surface area contributed by atoms with E-state index < -0.39 is 11.9 Å². The van der Waals surface area contributed by atoms with Crippen molar-refractivity contribution in [2.75, 3.05) is 6.54 Å². The molecule has 17 heavy (non-hydrogen) atoms. The molecule has 0 aromatic carbocycles. The second-order valence-electron chi connectivity index (χ2n) is 4.23. The zero-order valence-electron chi connectivity index (χ0n) is 9.60. The number of rotatable bonds is 4. The van der Waals surface area contributed by atoms with E-state index in [2.05, 4.69) is 10.3 Å². The lowest BCUT2D eigenvalue weighted by Crippen LogP contribution is -2.16.